The molecule has 5 heteroatoms. The quantitative estimate of drug-likeness (QED) is 0.877. The molecule has 0 aliphatic carbocycles. The van der Waals surface area contributed by atoms with E-state index >= 15 is 0 Å². The summed E-state index contributed by atoms with van der Waals surface area (Å²) >= 11 is 0. The summed E-state index contributed by atoms with van der Waals surface area (Å²) < 4.78 is 16.0. The number of β-amino-alcohol motifs (C(OH)–C–C–N with tert-alkyl or cyclic N) is 1. The smallest absolute Gasteiger partial charge is 0.231 e. The number of fused-ring (bicyclic) bond motifs is 1. The number of ether oxygens (including phenoxy) is 3. The standard InChI is InChI=1S/C15H21NO4/c1-15(4-6-18-7-5-15)16-9-12(17)11-2-3-13-14(8-11)20-10-19-13/h2-3,8,12,16-17H,4-7,9-10H2,1H3. The van der Waals surface area contributed by atoms with Crippen LogP contribution in [0.25, 0.3) is 0 Å². The molecule has 5 nitrogen and oxygen atoms in total. The molecule has 2 aliphatic heterocycles. The molecule has 0 bridgehead atoms. The Kier molecular flexibility index (Phi) is 3.83. The molecule has 2 aliphatic rings. The molecule has 1 fully saturated rings. The maximum atomic E-state index is 10.3. The van der Waals surface area contributed by atoms with Crippen molar-refractivity contribution >= 4 is 0 Å². The molecule has 20 heavy (non-hydrogen) atoms. The molecule has 3 rings (SSSR count). The summed E-state index contributed by atoms with van der Waals surface area (Å²) in [7, 11) is 0. The average Bonchev–Trinajstić information content (AvgIpc) is 2.93. The number of aliphatic hydroxyl groups is 1. The Morgan fingerprint density at radius 3 is 2.80 bits per heavy atom. The van der Waals surface area contributed by atoms with Crippen molar-refractivity contribution in [3.63, 3.8) is 0 Å². The first kappa shape index (κ1) is 13.7. The van der Waals surface area contributed by atoms with Crippen molar-refractivity contribution in [1.82, 2.24) is 5.32 Å². The summed E-state index contributed by atoms with van der Waals surface area (Å²) in [5.74, 6) is 1.45. The zero-order valence-electron chi connectivity index (χ0n) is 11.7. The molecular weight excluding hydrogens is 258 g/mol. The van der Waals surface area contributed by atoms with Gasteiger partial charge in [0.1, 0.15) is 0 Å². The molecular formula is C15H21NO4. The van der Waals surface area contributed by atoms with Gasteiger partial charge in [-0.1, -0.05) is 6.07 Å². The van der Waals surface area contributed by atoms with Crippen molar-refractivity contribution in [1.29, 1.82) is 0 Å². The van der Waals surface area contributed by atoms with Gasteiger partial charge in [0.05, 0.1) is 6.10 Å². The van der Waals surface area contributed by atoms with Crippen LogP contribution >= 0.6 is 0 Å². The second-order valence-electron chi connectivity index (χ2n) is 5.68. The first-order chi connectivity index (χ1) is 9.66. The fourth-order valence-corrected chi connectivity index (χ4v) is 2.58. The molecule has 1 atom stereocenters. The maximum absolute atomic E-state index is 10.3. The lowest BCUT2D eigenvalue weighted by Crippen LogP contribution is -2.48. The van der Waals surface area contributed by atoms with Crippen molar-refractivity contribution in [2.75, 3.05) is 26.6 Å². The molecule has 2 heterocycles. The van der Waals surface area contributed by atoms with E-state index < -0.39 is 6.10 Å². The van der Waals surface area contributed by atoms with Crippen molar-refractivity contribution < 1.29 is 19.3 Å². The van der Waals surface area contributed by atoms with Gasteiger partial charge in [0.15, 0.2) is 11.5 Å². The number of nitrogens with one attached hydrogen (secondary N) is 1. The minimum atomic E-state index is -0.552. The minimum Gasteiger partial charge on any atom is -0.454 e. The lowest BCUT2D eigenvalue weighted by Gasteiger charge is -2.35. The van der Waals surface area contributed by atoms with Gasteiger partial charge in [-0.15, -0.1) is 0 Å². The fraction of sp³-hybridized carbons (Fsp3) is 0.600. The number of rotatable bonds is 4. The van der Waals surface area contributed by atoms with E-state index in [2.05, 4.69) is 12.2 Å². The molecule has 1 unspecified atom stereocenters. The molecule has 1 saturated heterocycles. The van der Waals surface area contributed by atoms with Crippen LogP contribution in [-0.2, 0) is 4.74 Å². The number of hydrogen-bond donors (Lipinski definition) is 2. The highest BCUT2D eigenvalue weighted by Gasteiger charge is 2.27. The molecule has 0 spiro atoms. The number of hydrogen-bond acceptors (Lipinski definition) is 5. The fourth-order valence-electron chi connectivity index (χ4n) is 2.58. The Labute approximate surface area is 118 Å². The Hall–Kier alpha value is -1.30. The van der Waals surface area contributed by atoms with Gasteiger partial charge < -0.3 is 24.6 Å². The first-order valence-corrected chi connectivity index (χ1v) is 7.07. The lowest BCUT2D eigenvalue weighted by molar-refractivity contribution is 0.0388. The Balaban J connectivity index is 1.60. The highest BCUT2D eigenvalue weighted by atomic mass is 16.7. The van der Waals surface area contributed by atoms with Gasteiger partial charge in [-0.25, -0.2) is 0 Å². The molecule has 0 aromatic heterocycles. The van der Waals surface area contributed by atoms with E-state index in [-0.39, 0.29) is 12.3 Å². The van der Waals surface area contributed by atoms with Crippen molar-refractivity contribution in [2.24, 2.45) is 0 Å². The molecule has 0 amide bonds. The van der Waals surface area contributed by atoms with Gasteiger partial charge in [0.25, 0.3) is 0 Å². The zero-order valence-corrected chi connectivity index (χ0v) is 11.7. The Morgan fingerprint density at radius 2 is 2.00 bits per heavy atom. The monoisotopic (exact) mass is 279 g/mol. The van der Waals surface area contributed by atoms with Crippen molar-refractivity contribution in [2.45, 2.75) is 31.4 Å². The average molecular weight is 279 g/mol. The zero-order chi connectivity index (χ0) is 14.0. The molecule has 1 aromatic rings. The summed E-state index contributed by atoms with van der Waals surface area (Å²) in [6.07, 6.45) is 1.39. The summed E-state index contributed by atoms with van der Waals surface area (Å²) in [5, 5.41) is 13.8. The van der Waals surface area contributed by atoms with Gasteiger partial charge in [0.2, 0.25) is 6.79 Å². The highest BCUT2D eigenvalue weighted by Crippen LogP contribution is 2.34. The van der Waals surface area contributed by atoms with E-state index in [1.54, 1.807) is 0 Å². The van der Waals surface area contributed by atoms with Crippen LogP contribution in [0, 0.1) is 0 Å². The first-order valence-electron chi connectivity index (χ1n) is 7.07. The van der Waals surface area contributed by atoms with E-state index in [0.717, 1.165) is 37.4 Å². The topological polar surface area (TPSA) is 60.0 Å². The third-order valence-electron chi connectivity index (χ3n) is 4.10. The molecule has 0 radical (unpaired) electrons. The van der Waals surface area contributed by atoms with Gasteiger partial charge in [-0.05, 0) is 37.5 Å². The highest BCUT2D eigenvalue weighted by molar-refractivity contribution is 5.45. The maximum Gasteiger partial charge on any atom is 0.231 e. The second kappa shape index (κ2) is 5.60. The van der Waals surface area contributed by atoms with Crippen LogP contribution in [0.2, 0.25) is 0 Å². The molecule has 1 aromatic carbocycles. The largest absolute Gasteiger partial charge is 0.454 e. The molecule has 2 N–H and O–H groups in total. The third kappa shape index (κ3) is 2.90. The van der Waals surface area contributed by atoms with E-state index in [9.17, 15) is 5.11 Å². The van der Waals surface area contributed by atoms with E-state index in [1.165, 1.54) is 0 Å². The van der Waals surface area contributed by atoms with Crippen LogP contribution in [0.4, 0.5) is 0 Å². The van der Waals surface area contributed by atoms with Crippen LogP contribution in [0.3, 0.4) is 0 Å². The van der Waals surface area contributed by atoms with Gasteiger partial charge in [0, 0.05) is 25.3 Å². The van der Waals surface area contributed by atoms with E-state index in [1.807, 2.05) is 18.2 Å². The SMILES string of the molecule is CC1(NCC(O)c2ccc3c(c2)OCO3)CCOCC1. The summed E-state index contributed by atoms with van der Waals surface area (Å²) in [5.41, 5.74) is 0.896. The predicted octanol–water partition coefficient (Wildman–Crippen LogP) is 1.61. The van der Waals surface area contributed by atoms with Crippen LogP contribution < -0.4 is 14.8 Å². The van der Waals surface area contributed by atoms with Crippen molar-refractivity contribution in [3.8, 4) is 11.5 Å². The van der Waals surface area contributed by atoms with Gasteiger partial charge in [-0.3, -0.25) is 0 Å². The summed E-state index contributed by atoms with van der Waals surface area (Å²) in [6.45, 7) is 4.52. The lowest BCUT2D eigenvalue weighted by atomic mass is 9.92. The predicted molar refractivity (Wildman–Crippen MR) is 74.0 cm³/mol. The van der Waals surface area contributed by atoms with E-state index in [4.69, 9.17) is 14.2 Å². The van der Waals surface area contributed by atoms with Crippen LogP contribution in [0.1, 0.15) is 31.4 Å². The van der Waals surface area contributed by atoms with Crippen molar-refractivity contribution in [3.05, 3.63) is 23.8 Å². The van der Waals surface area contributed by atoms with E-state index in [0.29, 0.717) is 12.3 Å². The number of benzene rings is 1. The van der Waals surface area contributed by atoms with Crippen LogP contribution in [-0.4, -0.2) is 37.2 Å². The van der Waals surface area contributed by atoms with Crippen LogP contribution in [0.5, 0.6) is 11.5 Å². The normalized spacial score (nSPS) is 21.7. The molecule has 0 saturated carbocycles. The Morgan fingerprint density at radius 1 is 1.25 bits per heavy atom. The summed E-state index contributed by atoms with van der Waals surface area (Å²) in [4.78, 5) is 0. The van der Waals surface area contributed by atoms with Gasteiger partial charge in [-0.2, -0.15) is 0 Å². The summed E-state index contributed by atoms with van der Waals surface area (Å²) in [6, 6.07) is 5.57. The molecule has 110 valence electrons. The minimum absolute atomic E-state index is 0.0512. The third-order valence-corrected chi connectivity index (χ3v) is 4.10. The number of aliphatic hydroxyl groups excluding tert-OH is 1. The van der Waals surface area contributed by atoms with Crippen LogP contribution in [0.15, 0.2) is 18.2 Å². The second-order valence-corrected chi connectivity index (χ2v) is 5.68. The Bertz CT molecular complexity index is 471. The van der Waals surface area contributed by atoms with Gasteiger partial charge >= 0.3 is 0 Å².